The van der Waals surface area contributed by atoms with Crippen LogP contribution in [-0.2, 0) is 9.59 Å². The number of carbonyl (C=O) groups excluding carboxylic acids is 1. The van der Waals surface area contributed by atoms with E-state index in [1.807, 2.05) is 6.92 Å². The highest BCUT2D eigenvalue weighted by Gasteiger charge is 2.33. The number of carbonyl (C=O) groups is 2. The molecule has 0 bridgehead atoms. The first-order valence-corrected chi connectivity index (χ1v) is 4.45. The zero-order valence-corrected chi connectivity index (χ0v) is 7.75. The zero-order chi connectivity index (χ0) is 10.0. The summed E-state index contributed by atoms with van der Waals surface area (Å²) in [6.07, 6.45) is 1.20. The molecule has 0 aromatic rings. The van der Waals surface area contributed by atoms with Gasteiger partial charge in [-0.1, -0.05) is 19.1 Å². The van der Waals surface area contributed by atoms with Crippen LogP contribution in [-0.4, -0.2) is 16.9 Å². The third kappa shape index (κ3) is 2.17. The summed E-state index contributed by atoms with van der Waals surface area (Å²) in [5.41, 5.74) is 0.902. The van der Waals surface area contributed by atoms with E-state index in [0.717, 1.165) is 12.0 Å². The Hall–Kier alpha value is -1.12. The van der Waals surface area contributed by atoms with E-state index >= 15 is 0 Å². The molecular formula is C10H14O3. The van der Waals surface area contributed by atoms with E-state index in [-0.39, 0.29) is 24.0 Å². The van der Waals surface area contributed by atoms with Crippen LogP contribution in [0.4, 0.5) is 0 Å². The number of rotatable bonds is 3. The van der Waals surface area contributed by atoms with Crippen LogP contribution in [0, 0.1) is 11.8 Å². The lowest BCUT2D eigenvalue weighted by Crippen LogP contribution is -2.13. The Bertz CT molecular complexity index is 255. The maximum atomic E-state index is 11.5. The summed E-state index contributed by atoms with van der Waals surface area (Å²) in [5, 5.41) is 8.47. The molecule has 3 nitrogen and oxygen atoms in total. The molecule has 0 amide bonds. The lowest BCUT2D eigenvalue weighted by Gasteiger charge is -2.07. The molecule has 2 unspecified atom stereocenters. The van der Waals surface area contributed by atoms with Crippen molar-refractivity contribution in [1.82, 2.24) is 0 Å². The minimum Gasteiger partial charge on any atom is -0.481 e. The maximum Gasteiger partial charge on any atom is 0.303 e. The van der Waals surface area contributed by atoms with Crippen LogP contribution in [0.25, 0.3) is 0 Å². The van der Waals surface area contributed by atoms with Crippen molar-refractivity contribution in [3.8, 4) is 0 Å². The monoisotopic (exact) mass is 182 g/mol. The number of hydrogen-bond donors (Lipinski definition) is 1. The van der Waals surface area contributed by atoms with Gasteiger partial charge in [0, 0.05) is 18.3 Å². The molecule has 3 heteroatoms. The molecule has 0 heterocycles. The third-order valence-electron chi connectivity index (χ3n) is 2.54. The molecule has 1 rings (SSSR count). The van der Waals surface area contributed by atoms with E-state index in [0.29, 0.717) is 6.42 Å². The summed E-state index contributed by atoms with van der Waals surface area (Å²) in [5.74, 6) is -0.858. The van der Waals surface area contributed by atoms with Crippen molar-refractivity contribution in [2.45, 2.75) is 26.2 Å². The van der Waals surface area contributed by atoms with Crippen LogP contribution >= 0.6 is 0 Å². The zero-order valence-electron chi connectivity index (χ0n) is 7.75. The lowest BCUT2D eigenvalue weighted by atomic mass is 9.97. The number of ketones is 1. The summed E-state index contributed by atoms with van der Waals surface area (Å²) in [6, 6.07) is 0. The van der Waals surface area contributed by atoms with Crippen molar-refractivity contribution < 1.29 is 14.7 Å². The first kappa shape index (κ1) is 9.96. The molecule has 0 radical (unpaired) electrons. The smallest absolute Gasteiger partial charge is 0.303 e. The molecule has 13 heavy (non-hydrogen) atoms. The second-order valence-electron chi connectivity index (χ2n) is 3.65. The molecule has 0 spiro atoms. The summed E-state index contributed by atoms with van der Waals surface area (Å²) in [4.78, 5) is 21.8. The predicted molar refractivity (Wildman–Crippen MR) is 48.3 cm³/mol. The molecule has 0 saturated heterocycles. The van der Waals surface area contributed by atoms with Gasteiger partial charge in [-0.2, -0.15) is 0 Å². The molecule has 1 aliphatic rings. The van der Waals surface area contributed by atoms with Gasteiger partial charge in [0.15, 0.2) is 0 Å². The van der Waals surface area contributed by atoms with Crippen molar-refractivity contribution in [1.29, 1.82) is 0 Å². The summed E-state index contributed by atoms with van der Waals surface area (Å²) < 4.78 is 0. The molecule has 72 valence electrons. The van der Waals surface area contributed by atoms with Crippen LogP contribution in [0.5, 0.6) is 0 Å². The average Bonchev–Trinajstić information content (AvgIpc) is 2.24. The van der Waals surface area contributed by atoms with Gasteiger partial charge in [0.1, 0.15) is 5.78 Å². The van der Waals surface area contributed by atoms with Crippen molar-refractivity contribution in [3.63, 3.8) is 0 Å². The van der Waals surface area contributed by atoms with Crippen LogP contribution in [0.1, 0.15) is 26.2 Å². The number of carboxylic acid groups (broad SMARTS) is 1. The van der Waals surface area contributed by atoms with Crippen molar-refractivity contribution in [3.05, 3.63) is 12.2 Å². The van der Waals surface area contributed by atoms with Gasteiger partial charge in [-0.25, -0.2) is 0 Å². The average molecular weight is 182 g/mol. The fraction of sp³-hybridized carbons (Fsp3) is 0.600. The normalized spacial score (nSPS) is 28.1. The Balaban J connectivity index is 2.54. The second kappa shape index (κ2) is 3.73. The molecule has 0 aliphatic heterocycles. The Morgan fingerprint density at radius 3 is 2.69 bits per heavy atom. The third-order valence-corrected chi connectivity index (χ3v) is 2.54. The van der Waals surface area contributed by atoms with Gasteiger partial charge >= 0.3 is 5.97 Å². The Kier molecular flexibility index (Phi) is 2.86. The molecule has 2 atom stereocenters. The molecule has 1 fully saturated rings. The first-order chi connectivity index (χ1) is 6.02. The topological polar surface area (TPSA) is 54.4 Å². The molecule has 1 saturated carbocycles. The van der Waals surface area contributed by atoms with Crippen LogP contribution in [0.2, 0.25) is 0 Å². The van der Waals surface area contributed by atoms with Crippen LogP contribution < -0.4 is 0 Å². The largest absolute Gasteiger partial charge is 0.481 e. The van der Waals surface area contributed by atoms with Gasteiger partial charge in [0.05, 0.1) is 0 Å². The van der Waals surface area contributed by atoms with Gasteiger partial charge in [-0.05, 0) is 12.8 Å². The summed E-state index contributed by atoms with van der Waals surface area (Å²) in [6.45, 7) is 5.67. The Morgan fingerprint density at radius 1 is 1.69 bits per heavy atom. The fourth-order valence-electron chi connectivity index (χ4n) is 1.79. The summed E-state index contributed by atoms with van der Waals surface area (Å²) in [7, 11) is 0. The van der Waals surface area contributed by atoms with E-state index in [1.165, 1.54) is 0 Å². The van der Waals surface area contributed by atoms with E-state index in [2.05, 4.69) is 6.58 Å². The van der Waals surface area contributed by atoms with Crippen LogP contribution in [0.15, 0.2) is 12.2 Å². The number of hydrogen-bond acceptors (Lipinski definition) is 2. The highest BCUT2D eigenvalue weighted by molar-refractivity contribution is 5.89. The fourth-order valence-corrected chi connectivity index (χ4v) is 1.79. The number of aliphatic carboxylic acids is 1. The SMILES string of the molecule is C=C1CC(C)C(=O)C1CCC(=O)O. The Labute approximate surface area is 77.4 Å². The van der Waals surface area contributed by atoms with Crippen molar-refractivity contribution in [2.75, 3.05) is 0 Å². The van der Waals surface area contributed by atoms with Gasteiger partial charge < -0.3 is 5.11 Å². The van der Waals surface area contributed by atoms with Gasteiger partial charge in [0.2, 0.25) is 0 Å². The van der Waals surface area contributed by atoms with Crippen LogP contribution in [0.3, 0.4) is 0 Å². The molecule has 0 aromatic carbocycles. The molecular weight excluding hydrogens is 168 g/mol. The lowest BCUT2D eigenvalue weighted by molar-refractivity contribution is -0.137. The van der Waals surface area contributed by atoms with Gasteiger partial charge in [-0.15, -0.1) is 0 Å². The van der Waals surface area contributed by atoms with Gasteiger partial charge in [-0.3, -0.25) is 9.59 Å². The van der Waals surface area contributed by atoms with Crippen molar-refractivity contribution >= 4 is 11.8 Å². The number of allylic oxidation sites excluding steroid dienone is 1. The standard InChI is InChI=1S/C10H14O3/c1-6-5-7(2)10(13)8(6)3-4-9(11)12/h7-8H,1,3-5H2,2H3,(H,11,12). The highest BCUT2D eigenvalue weighted by atomic mass is 16.4. The minimum atomic E-state index is -0.847. The van der Waals surface area contributed by atoms with E-state index in [9.17, 15) is 9.59 Å². The minimum absolute atomic E-state index is 0.0336. The Morgan fingerprint density at radius 2 is 2.31 bits per heavy atom. The molecule has 1 N–H and O–H groups in total. The molecule has 0 aromatic heterocycles. The maximum absolute atomic E-state index is 11.5. The highest BCUT2D eigenvalue weighted by Crippen LogP contribution is 2.33. The van der Waals surface area contributed by atoms with Gasteiger partial charge in [0.25, 0.3) is 0 Å². The molecule has 1 aliphatic carbocycles. The number of carboxylic acids is 1. The van der Waals surface area contributed by atoms with E-state index < -0.39 is 5.97 Å². The summed E-state index contributed by atoms with van der Waals surface area (Å²) >= 11 is 0. The second-order valence-corrected chi connectivity index (χ2v) is 3.65. The van der Waals surface area contributed by atoms with E-state index in [4.69, 9.17) is 5.11 Å². The first-order valence-electron chi connectivity index (χ1n) is 4.45. The predicted octanol–water partition coefficient (Wildman–Crippen LogP) is 1.63. The van der Waals surface area contributed by atoms with E-state index in [1.54, 1.807) is 0 Å². The van der Waals surface area contributed by atoms with Crippen molar-refractivity contribution in [2.24, 2.45) is 11.8 Å². The number of Topliss-reactive ketones (excluding diaryl/α,β-unsaturated/α-hetero) is 1. The quantitative estimate of drug-likeness (QED) is 0.675.